The quantitative estimate of drug-likeness (QED) is 0.0245. The third-order valence-corrected chi connectivity index (χ3v) is 12.6. The molecule has 2 fully saturated rings. The first-order valence-electron chi connectivity index (χ1n) is 22.2. The maximum Gasteiger partial charge on any atom is 0.472 e. The summed E-state index contributed by atoms with van der Waals surface area (Å²) in [4.78, 5) is 97.3. The Hall–Kier alpha value is -6.62. The topological polar surface area (TPSA) is 435 Å². The average molecular weight is 1140 g/mol. The molecule has 418 valence electrons. The molecule has 2 saturated heterocycles. The maximum atomic E-state index is 14.0. The van der Waals surface area contributed by atoms with Gasteiger partial charge in [-0.05, 0) is 41.5 Å². The molecule has 0 bridgehead atoms. The largest absolute Gasteiger partial charge is 0.472 e. The summed E-state index contributed by atoms with van der Waals surface area (Å²) in [6.45, 7) is -5.44. The molecule has 2 amide bonds. The number of amides is 2. The van der Waals surface area contributed by atoms with Gasteiger partial charge in [0.1, 0.15) is 60.6 Å². The summed E-state index contributed by atoms with van der Waals surface area (Å²) in [6.07, 6.45) is -22.2. The van der Waals surface area contributed by atoms with Gasteiger partial charge in [-0.15, -0.1) is 0 Å². The number of nitrogens with zero attached hydrogens (tertiary/aromatic N) is 6. The number of fused-ring (bicyclic) bond motifs is 1. The standard InChI is InChI=1S/C41H46F4N10O20P2/c42-21-5-1-19(2-6-21)11-28(57)51-22-7-3-20(4-8-22)12-69-40(62)52-23(13-68-16-26(56)41(43,44)45)38(60)74-32-24(72-37(30(32)58)55-18-50-29-34(47)48-17-49-35(29)55)15-71-77(66,67)75-33-25(14-70-76(63,64)65)73-36(31(33)59)54-10-9-27(46)53-39(54)61/h1-10,17-18,23-26,30-33,36-37,56,58-59H,11-16H2,(H,51,57)(H,52,62)(H,66,67)(H2,46,53,61)(H2,47,48,49)(H2,63,64,65)/t23-,24+,25+,26?,30+,31+,32+,33+,36+,37+/m0/s1. The van der Waals surface area contributed by atoms with Crippen molar-refractivity contribution in [3.63, 3.8) is 0 Å². The number of hydrogen-bond acceptors (Lipinski definition) is 23. The van der Waals surface area contributed by atoms with Crippen LogP contribution in [0.5, 0.6) is 0 Å². The SMILES string of the molecule is Nc1ccn([C@@H]2O[C@H](COP(=O)(O)O)[C@@H](OP(=O)(O)OC[C@H]3O[C@@H](n4cnc5c(N)ncnc54)[C@H](O)[C@@H]3OC(=O)[C@H](COCC(O)C(F)(F)F)NC(=O)OCc3ccc(NC(=O)Cc4ccc(F)cc4)cc3)[C@H]2O)c(=O)n1. The summed E-state index contributed by atoms with van der Waals surface area (Å²) in [5.74, 6) is -2.88. The summed E-state index contributed by atoms with van der Waals surface area (Å²) in [5, 5.41) is 37.1. The van der Waals surface area contributed by atoms with Crippen LogP contribution in [0.15, 0.2) is 78.2 Å². The van der Waals surface area contributed by atoms with Gasteiger partial charge in [0.05, 0.1) is 39.2 Å². The smallest absolute Gasteiger partial charge is 0.455 e. The lowest BCUT2D eigenvalue weighted by molar-refractivity contribution is -0.218. The fourth-order valence-corrected chi connectivity index (χ4v) is 8.73. The van der Waals surface area contributed by atoms with Gasteiger partial charge in [-0.3, -0.25) is 27.5 Å². The van der Waals surface area contributed by atoms with E-state index in [9.17, 15) is 75.9 Å². The van der Waals surface area contributed by atoms with E-state index in [2.05, 4.69) is 29.8 Å². The molecule has 2 aliphatic heterocycles. The van der Waals surface area contributed by atoms with Crippen LogP contribution in [0.1, 0.15) is 23.6 Å². The molecule has 3 aromatic heterocycles. The van der Waals surface area contributed by atoms with E-state index in [1.54, 1.807) is 0 Å². The van der Waals surface area contributed by atoms with Crippen LogP contribution in [0, 0.1) is 5.82 Å². The highest BCUT2D eigenvalue weighted by atomic mass is 31.2. The number of carbonyl (C=O) groups excluding carboxylic acids is 3. The number of phosphoric acid groups is 2. The zero-order chi connectivity index (χ0) is 56.0. The lowest BCUT2D eigenvalue weighted by Crippen LogP contribution is -2.49. The second-order valence-electron chi connectivity index (χ2n) is 16.7. The highest BCUT2D eigenvalue weighted by Crippen LogP contribution is 2.50. The van der Waals surface area contributed by atoms with Crippen molar-refractivity contribution in [3.8, 4) is 0 Å². The highest BCUT2D eigenvalue weighted by Gasteiger charge is 2.52. The number of aliphatic hydroxyl groups excluding tert-OH is 3. The molecule has 5 heterocycles. The number of nitrogens with one attached hydrogen (secondary N) is 2. The number of esters is 1. The fraction of sp³-hybridized carbons (Fsp3) is 0.415. The van der Waals surface area contributed by atoms with Crippen molar-refractivity contribution in [1.82, 2.24) is 34.4 Å². The Morgan fingerprint density at radius 3 is 2.14 bits per heavy atom. The van der Waals surface area contributed by atoms with Crippen molar-refractivity contribution in [2.75, 3.05) is 43.2 Å². The molecule has 0 spiro atoms. The Kier molecular flexibility index (Phi) is 18.4. The Morgan fingerprint density at radius 2 is 1.48 bits per heavy atom. The van der Waals surface area contributed by atoms with E-state index < -0.39 is 146 Å². The average Bonchev–Trinajstić information content (AvgIpc) is 4.05. The van der Waals surface area contributed by atoms with Gasteiger partial charge in [-0.2, -0.15) is 18.2 Å². The molecular weight excluding hydrogens is 1090 g/mol. The zero-order valence-electron chi connectivity index (χ0n) is 39.1. The second-order valence-corrected chi connectivity index (χ2v) is 19.3. The van der Waals surface area contributed by atoms with E-state index in [0.717, 1.165) is 29.5 Å². The van der Waals surface area contributed by atoms with Crippen molar-refractivity contribution in [3.05, 3.63) is 101 Å². The molecular formula is C41H46F4N10O20P2. The number of nitrogens with two attached hydrogens (primary N) is 2. The van der Waals surface area contributed by atoms with Crippen LogP contribution >= 0.6 is 15.6 Å². The van der Waals surface area contributed by atoms with Crippen molar-refractivity contribution in [2.24, 2.45) is 0 Å². The molecule has 0 aliphatic carbocycles. The van der Waals surface area contributed by atoms with Crippen LogP contribution in [0.25, 0.3) is 11.2 Å². The highest BCUT2D eigenvalue weighted by molar-refractivity contribution is 7.47. The number of alkyl halides is 3. The number of imidazole rings is 1. The van der Waals surface area contributed by atoms with Crippen LogP contribution in [0.3, 0.4) is 0 Å². The lowest BCUT2D eigenvalue weighted by Gasteiger charge is -2.26. The third kappa shape index (κ3) is 15.3. The van der Waals surface area contributed by atoms with E-state index in [1.165, 1.54) is 48.5 Å². The first-order valence-corrected chi connectivity index (χ1v) is 25.2. The molecule has 0 saturated carbocycles. The summed E-state index contributed by atoms with van der Waals surface area (Å²) in [6, 6.07) is 10.0. The van der Waals surface area contributed by atoms with Gasteiger partial charge >= 0.3 is 39.6 Å². The number of anilines is 3. The van der Waals surface area contributed by atoms with Crippen LogP contribution in [-0.2, 0) is 69.0 Å². The molecule has 12 N–H and O–H groups in total. The number of ether oxygens (including phenoxy) is 5. The molecule has 36 heteroatoms. The summed E-state index contributed by atoms with van der Waals surface area (Å²) >= 11 is 0. The summed E-state index contributed by atoms with van der Waals surface area (Å²) < 4.78 is 122. The van der Waals surface area contributed by atoms with Gasteiger partial charge in [0.2, 0.25) is 5.91 Å². The van der Waals surface area contributed by atoms with Gasteiger partial charge in [0.15, 0.2) is 42.2 Å². The van der Waals surface area contributed by atoms with Crippen molar-refractivity contribution in [1.29, 1.82) is 0 Å². The van der Waals surface area contributed by atoms with Crippen LogP contribution in [0.4, 0.5) is 39.7 Å². The molecule has 7 rings (SSSR count). The molecule has 5 aromatic rings. The number of benzene rings is 2. The maximum absolute atomic E-state index is 14.0. The van der Waals surface area contributed by atoms with E-state index in [1.807, 2.05) is 5.32 Å². The summed E-state index contributed by atoms with van der Waals surface area (Å²) in [5.41, 5.74) is 11.4. The van der Waals surface area contributed by atoms with Gasteiger partial charge in [-0.1, -0.05) is 24.3 Å². The number of nitrogen functional groups attached to an aromatic ring is 2. The van der Waals surface area contributed by atoms with E-state index in [4.69, 9.17) is 44.2 Å². The van der Waals surface area contributed by atoms with Crippen molar-refractivity contribution < 1.29 is 108 Å². The molecule has 2 aliphatic rings. The van der Waals surface area contributed by atoms with E-state index in [0.29, 0.717) is 21.4 Å². The zero-order valence-corrected chi connectivity index (χ0v) is 40.9. The number of hydrogen-bond donors (Lipinski definition) is 10. The van der Waals surface area contributed by atoms with Crippen LogP contribution in [0.2, 0.25) is 0 Å². The predicted molar refractivity (Wildman–Crippen MR) is 246 cm³/mol. The predicted octanol–water partition coefficient (Wildman–Crippen LogP) is -0.157. The van der Waals surface area contributed by atoms with Crippen LogP contribution in [-0.4, -0.2) is 158 Å². The van der Waals surface area contributed by atoms with Gasteiger partial charge in [0, 0.05) is 11.9 Å². The number of rotatable bonds is 22. The Morgan fingerprint density at radius 1 is 0.844 bits per heavy atom. The molecule has 2 aromatic carbocycles. The first kappa shape index (κ1) is 58.1. The number of aliphatic hydroxyl groups is 3. The minimum Gasteiger partial charge on any atom is -0.455 e. The summed E-state index contributed by atoms with van der Waals surface area (Å²) in [7, 11) is -10.9. The minimum absolute atomic E-state index is 0.0167. The number of aromatic nitrogens is 6. The Labute approximate surface area is 428 Å². The molecule has 0 radical (unpaired) electrons. The number of carbonyl (C=O) groups is 3. The normalized spacial score (nSPS) is 23.2. The number of phosphoric ester groups is 2. The van der Waals surface area contributed by atoms with Crippen molar-refractivity contribution in [2.45, 2.75) is 80.4 Å². The fourth-order valence-electron chi connectivity index (χ4n) is 7.43. The third-order valence-electron chi connectivity index (χ3n) is 11.1. The van der Waals surface area contributed by atoms with Crippen LogP contribution < -0.4 is 27.8 Å². The van der Waals surface area contributed by atoms with E-state index in [-0.39, 0.29) is 29.2 Å². The van der Waals surface area contributed by atoms with E-state index >= 15 is 0 Å². The van der Waals surface area contributed by atoms with Gasteiger partial charge in [-0.25, -0.2) is 42.9 Å². The monoisotopic (exact) mass is 1140 g/mol. The Bertz CT molecular complexity index is 3050. The number of alkyl carbamates (subject to hydrolysis) is 1. The van der Waals surface area contributed by atoms with Gasteiger partial charge in [0.25, 0.3) is 0 Å². The molecule has 77 heavy (non-hydrogen) atoms. The molecule has 30 nitrogen and oxygen atoms in total. The Balaban J connectivity index is 1.07. The number of halogens is 4. The van der Waals surface area contributed by atoms with Crippen molar-refractivity contribution >= 4 is 62.1 Å². The minimum atomic E-state index is -5.62. The van der Waals surface area contributed by atoms with Gasteiger partial charge < -0.3 is 75.8 Å². The second kappa shape index (κ2) is 24.4. The molecule has 2 unspecified atom stereocenters. The lowest BCUT2D eigenvalue weighted by atomic mass is 10.1. The first-order chi connectivity index (χ1) is 36.2. The molecule has 11 atom stereocenters.